The molecule has 6 nitrogen and oxygen atoms in total. The molecule has 0 saturated heterocycles. The molecule has 7 heteroatoms. The fourth-order valence-corrected chi connectivity index (χ4v) is 2.50. The second-order valence-corrected chi connectivity index (χ2v) is 5.89. The molecule has 1 unspecified atom stereocenters. The van der Waals surface area contributed by atoms with E-state index in [2.05, 4.69) is 31.2 Å². The summed E-state index contributed by atoms with van der Waals surface area (Å²) < 4.78 is 0.702. The van der Waals surface area contributed by atoms with Crippen molar-refractivity contribution in [3.05, 3.63) is 27.1 Å². The van der Waals surface area contributed by atoms with Gasteiger partial charge in [-0.2, -0.15) is 0 Å². The van der Waals surface area contributed by atoms with Crippen LogP contribution in [0, 0.1) is 11.8 Å². The van der Waals surface area contributed by atoms with E-state index < -0.39 is 0 Å². The Morgan fingerprint density at radius 1 is 1.35 bits per heavy atom. The molecule has 0 fully saturated rings. The maximum atomic E-state index is 12.2. The summed E-state index contributed by atoms with van der Waals surface area (Å²) >= 11 is 3.38. The van der Waals surface area contributed by atoms with Crippen LogP contribution in [0.4, 0.5) is 5.69 Å². The Kier molecular flexibility index (Phi) is 4.29. The molecule has 1 heterocycles. The van der Waals surface area contributed by atoms with Crippen molar-refractivity contribution in [2.24, 2.45) is 17.6 Å². The van der Waals surface area contributed by atoms with E-state index in [1.54, 1.807) is 12.1 Å². The summed E-state index contributed by atoms with van der Waals surface area (Å²) in [6.07, 6.45) is 0. The third-order valence-electron chi connectivity index (χ3n) is 3.26. The predicted molar refractivity (Wildman–Crippen MR) is 82.6 cm³/mol. The summed E-state index contributed by atoms with van der Waals surface area (Å²) in [6, 6.07) is 3.46. The number of amides is 1. The molecule has 2 rings (SSSR count). The largest absolute Gasteiger partial charge is 0.330 e. The molecule has 0 aliphatic heterocycles. The number of benzene rings is 1. The first-order chi connectivity index (χ1) is 9.42. The third-order valence-corrected chi connectivity index (χ3v) is 3.91. The van der Waals surface area contributed by atoms with E-state index in [1.165, 1.54) is 0 Å². The highest BCUT2D eigenvalue weighted by molar-refractivity contribution is 9.10. The number of nitrogens with one attached hydrogen (secondary N) is 3. The van der Waals surface area contributed by atoms with Crippen LogP contribution in [-0.4, -0.2) is 22.4 Å². The monoisotopic (exact) mass is 340 g/mol. The number of anilines is 1. The van der Waals surface area contributed by atoms with E-state index >= 15 is 0 Å². The van der Waals surface area contributed by atoms with Gasteiger partial charge in [-0.3, -0.25) is 4.79 Å². The fraction of sp³-hybridized carbons (Fsp3) is 0.385. The van der Waals surface area contributed by atoms with Crippen LogP contribution in [0.1, 0.15) is 13.8 Å². The van der Waals surface area contributed by atoms with Gasteiger partial charge in [0.05, 0.1) is 22.6 Å². The molecule has 1 aromatic heterocycles. The topological polar surface area (TPSA) is 104 Å². The molecule has 1 aromatic carbocycles. The minimum absolute atomic E-state index is 0.125. The first kappa shape index (κ1) is 14.8. The minimum atomic E-state index is -0.280. The van der Waals surface area contributed by atoms with Gasteiger partial charge in [-0.15, -0.1) is 0 Å². The fourth-order valence-electron chi connectivity index (χ4n) is 2.06. The number of rotatable bonds is 4. The highest BCUT2D eigenvalue weighted by Gasteiger charge is 2.21. The number of nitrogens with two attached hydrogens (primary N) is 1. The normalized spacial score (nSPS) is 12.8. The van der Waals surface area contributed by atoms with Crippen LogP contribution in [0.2, 0.25) is 0 Å². The zero-order valence-corrected chi connectivity index (χ0v) is 12.9. The second-order valence-electron chi connectivity index (χ2n) is 5.03. The van der Waals surface area contributed by atoms with Crippen molar-refractivity contribution in [1.29, 1.82) is 0 Å². The second kappa shape index (κ2) is 5.80. The number of hydrogen-bond donors (Lipinski definition) is 4. The van der Waals surface area contributed by atoms with Gasteiger partial charge in [-0.05, 0) is 34.0 Å². The van der Waals surface area contributed by atoms with Crippen LogP contribution in [0.15, 0.2) is 21.4 Å². The number of halogens is 1. The predicted octanol–water partition coefficient (Wildman–Crippen LogP) is 1.79. The summed E-state index contributed by atoms with van der Waals surface area (Å²) in [4.78, 5) is 28.7. The van der Waals surface area contributed by atoms with E-state index in [-0.39, 0.29) is 23.4 Å². The maximum absolute atomic E-state index is 12.2. The first-order valence-electron chi connectivity index (χ1n) is 6.35. The Morgan fingerprint density at radius 3 is 2.50 bits per heavy atom. The summed E-state index contributed by atoms with van der Waals surface area (Å²) in [6.45, 7) is 4.21. The van der Waals surface area contributed by atoms with Crippen LogP contribution in [-0.2, 0) is 4.79 Å². The summed E-state index contributed by atoms with van der Waals surface area (Å²) in [5.41, 5.74) is 7.28. The average molecular weight is 341 g/mol. The lowest BCUT2D eigenvalue weighted by molar-refractivity contribution is -0.120. The summed E-state index contributed by atoms with van der Waals surface area (Å²) in [5.74, 6) is -0.210. The Balaban J connectivity index is 2.31. The standard InChI is InChI=1S/C13H17BrN4O2/c1-6(2)7(5-15)12(19)16-9-4-11-10(3-8(9)14)17-13(20)18-11/h3-4,6-7H,5,15H2,1-2H3,(H,16,19)(H2,17,18,20). The molecule has 108 valence electrons. The lowest BCUT2D eigenvalue weighted by atomic mass is 9.95. The van der Waals surface area contributed by atoms with Crippen molar-refractivity contribution in [1.82, 2.24) is 9.97 Å². The number of aromatic amines is 2. The first-order valence-corrected chi connectivity index (χ1v) is 7.14. The smallest absolute Gasteiger partial charge is 0.323 e. The molecule has 0 aliphatic carbocycles. The van der Waals surface area contributed by atoms with Gasteiger partial charge in [0.15, 0.2) is 0 Å². The number of carbonyl (C=O) groups is 1. The molecular formula is C13H17BrN4O2. The average Bonchev–Trinajstić information content (AvgIpc) is 2.69. The Labute approximate surface area is 124 Å². The zero-order valence-electron chi connectivity index (χ0n) is 11.3. The van der Waals surface area contributed by atoms with E-state index in [1.807, 2.05) is 13.8 Å². The molecule has 0 aliphatic rings. The molecule has 2 aromatic rings. The zero-order chi connectivity index (χ0) is 14.9. The molecule has 20 heavy (non-hydrogen) atoms. The lowest BCUT2D eigenvalue weighted by Gasteiger charge is -2.18. The molecular weight excluding hydrogens is 324 g/mol. The lowest BCUT2D eigenvalue weighted by Crippen LogP contribution is -2.33. The van der Waals surface area contributed by atoms with Crippen molar-refractivity contribution < 1.29 is 4.79 Å². The van der Waals surface area contributed by atoms with Crippen LogP contribution in [0.3, 0.4) is 0 Å². The van der Waals surface area contributed by atoms with Crippen molar-refractivity contribution in [2.45, 2.75) is 13.8 Å². The molecule has 0 radical (unpaired) electrons. The minimum Gasteiger partial charge on any atom is -0.330 e. The number of H-pyrrole nitrogens is 2. The summed E-state index contributed by atoms with van der Waals surface area (Å²) in [7, 11) is 0. The number of carbonyl (C=O) groups excluding carboxylic acids is 1. The van der Waals surface area contributed by atoms with Crippen LogP contribution in [0.25, 0.3) is 11.0 Å². The Bertz CT molecular complexity index is 689. The van der Waals surface area contributed by atoms with Gasteiger partial charge in [-0.25, -0.2) is 4.79 Å². The van der Waals surface area contributed by atoms with Gasteiger partial charge in [0, 0.05) is 11.0 Å². The number of aromatic nitrogens is 2. The third kappa shape index (κ3) is 2.94. The number of imidazole rings is 1. The molecule has 0 bridgehead atoms. The van der Waals surface area contributed by atoms with Crippen LogP contribution >= 0.6 is 15.9 Å². The number of fused-ring (bicyclic) bond motifs is 1. The van der Waals surface area contributed by atoms with Gasteiger partial charge in [0.2, 0.25) is 5.91 Å². The highest BCUT2D eigenvalue weighted by atomic mass is 79.9. The SMILES string of the molecule is CC(C)C(CN)C(=O)Nc1cc2[nH]c(=O)[nH]c2cc1Br. The van der Waals surface area contributed by atoms with Crippen molar-refractivity contribution in [3.8, 4) is 0 Å². The van der Waals surface area contributed by atoms with Crippen molar-refractivity contribution >= 4 is 38.6 Å². The van der Waals surface area contributed by atoms with E-state index in [0.717, 1.165) is 0 Å². The van der Waals surface area contributed by atoms with Gasteiger partial charge < -0.3 is 21.0 Å². The van der Waals surface area contributed by atoms with Crippen LogP contribution < -0.4 is 16.7 Å². The number of hydrogen-bond acceptors (Lipinski definition) is 3. The Morgan fingerprint density at radius 2 is 1.95 bits per heavy atom. The maximum Gasteiger partial charge on any atom is 0.323 e. The van der Waals surface area contributed by atoms with Gasteiger partial charge >= 0.3 is 5.69 Å². The van der Waals surface area contributed by atoms with E-state index in [9.17, 15) is 9.59 Å². The van der Waals surface area contributed by atoms with Gasteiger partial charge in [0.25, 0.3) is 0 Å². The molecule has 5 N–H and O–H groups in total. The van der Waals surface area contributed by atoms with E-state index in [0.29, 0.717) is 27.7 Å². The highest BCUT2D eigenvalue weighted by Crippen LogP contribution is 2.27. The van der Waals surface area contributed by atoms with Crippen LogP contribution in [0.5, 0.6) is 0 Å². The summed E-state index contributed by atoms with van der Waals surface area (Å²) in [5, 5.41) is 2.84. The van der Waals surface area contributed by atoms with Crippen molar-refractivity contribution in [2.75, 3.05) is 11.9 Å². The van der Waals surface area contributed by atoms with Gasteiger partial charge in [0.1, 0.15) is 0 Å². The van der Waals surface area contributed by atoms with Crippen molar-refractivity contribution in [3.63, 3.8) is 0 Å². The molecule has 0 saturated carbocycles. The van der Waals surface area contributed by atoms with E-state index in [4.69, 9.17) is 5.73 Å². The Hall–Kier alpha value is -1.60. The quantitative estimate of drug-likeness (QED) is 0.681. The molecule has 1 atom stereocenters. The molecule has 0 spiro atoms. The molecule has 1 amide bonds. The van der Waals surface area contributed by atoms with Gasteiger partial charge in [-0.1, -0.05) is 13.8 Å².